The van der Waals surface area contributed by atoms with Gasteiger partial charge < -0.3 is 68.7 Å². The minimum atomic E-state index is -0.506. The molecule has 3 heterocycles. The molecule has 0 unspecified atom stereocenters. The molecule has 20 heteroatoms. The lowest BCUT2D eigenvalue weighted by Crippen LogP contribution is -2.47. The lowest BCUT2D eigenvalue weighted by Gasteiger charge is -2.34. The normalized spacial score (nSPS) is 19.0. The average molecular weight is 914 g/mol. The summed E-state index contributed by atoms with van der Waals surface area (Å²) in [5, 5.41) is 3.15. The third-order valence-corrected chi connectivity index (χ3v) is 8.50. The summed E-state index contributed by atoms with van der Waals surface area (Å²) in [6.45, 7) is 41.7. The predicted molar refractivity (Wildman–Crippen MR) is 249 cm³/mol. The molecule has 3 atom stereocenters. The van der Waals surface area contributed by atoms with Gasteiger partial charge in [0, 0.05) is 86.6 Å². The first kappa shape index (κ1) is 61.8. The van der Waals surface area contributed by atoms with Crippen LogP contribution in [0.4, 0.5) is 14.4 Å². The molecule has 0 spiro atoms. The average Bonchev–Trinajstić information content (AvgIpc) is 3.20. The largest absolute Gasteiger partial charge is 0.444 e. The molecular formula is C43H84AlN9O10. The van der Waals surface area contributed by atoms with E-state index in [9.17, 15) is 19.2 Å². The number of carbonyl (C=O) groups is 4. The second kappa shape index (κ2) is 34.1. The molecule has 3 amide bonds. The number of aldehydes is 1. The molecular weight excluding hydrogens is 830 g/mol. The maximum atomic E-state index is 11.8. The van der Waals surface area contributed by atoms with Gasteiger partial charge in [-0.05, 0) is 75.3 Å². The highest BCUT2D eigenvalue weighted by Gasteiger charge is 2.26. The third-order valence-electron chi connectivity index (χ3n) is 8.50. The summed E-state index contributed by atoms with van der Waals surface area (Å²) in [7, 11) is 5.03. The topological polar surface area (TPSA) is 187 Å². The van der Waals surface area contributed by atoms with E-state index in [0.717, 1.165) is 72.0 Å². The van der Waals surface area contributed by atoms with Crippen molar-refractivity contribution in [3.8, 4) is 0 Å². The van der Waals surface area contributed by atoms with E-state index in [2.05, 4.69) is 30.6 Å². The van der Waals surface area contributed by atoms with Crippen LogP contribution in [0.15, 0.2) is 0 Å². The molecule has 0 radical (unpaired) electrons. The Kier molecular flexibility index (Phi) is 33.5. The van der Waals surface area contributed by atoms with E-state index >= 15 is 0 Å². The molecule has 0 aromatic carbocycles. The van der Waals surface area contributed by atoms with Crippen LogP contribution in [0.2, 0.25) is 5.79 Å². The summed E-state index contributed by atoms with van der Waals surface area (Å²) in [6, 6.07) is 0. The molecule has 63 heavy (non-hydrogen) atoms. The van der Waals surface area contributed by atoms with Crippen molar-refractivity contribution in [3.05, 3.63) is 22.8 Å². The van der Waals surface area contributed by atoms with E-state index in [1.54, 1.807) is 44.7 Å². The van der Waals surface area contributed by atoms with Crippen molar-refractivity contribution >= 4 is 40.9 Å². The standard InChI is InChI=1S/C14H25N3O3.C14H29N3O3.C8H15NO3.C6H10N2O.CH3.Al.2H/c1-14(2,3)20-13(18)16(5)6-7-17-8-9-19-12(11-17)10-15-4;1-14(2,3)20-13(18)16(4)7-8-17-9-10-19-12(11-17)5-6-15;1-8(2,3)12-7(11)9(4)5-6-10;1-7-4-6-5-8-2-3-9-6;;;;/h12H,6-11H2,1-3,5H3;12H,5-11,15H2,1-4H3;6H,5H2,1-4H3;6,8H,2-5H2;1H3;;;/t2*12-;;6-;;;;/m11.1..../s1. The molecule has 0 aromatic heterocycles. The summed E-state index contributed by atoms with van der Waals surface area (Å²) in [6.07, 6.45) is 0.842. The fraction of sp³-hybridized carbons (Fsp3) is 0.860. The molecule has 3 saturated heterocycles. The van der Waals surface area contributed by atoms with Crippen molar-refractivity contribution in [2.75, 3.05) is 133 Å². The summed E-state index contributed by atoms with van der Waals surface area (Å²) < 4.78 is 32.0. The maximum Gasteiger partial charge on any atom is 0.410 e. The van der Waals surface area contributed by atoms with Crippen LogP contribution in [-0.2, 0) is 33.2 Å². The molecule has 3 aliphatic rings. The van der Waals surface area contributed by atoms with E-state index in [-0.39, 0.29) is 37.0 Å². The van der Waals surface area contributed by atoms with Gasteiger partial charge in [-0.1, -0.05) is 0 Å². The number of hydrogen-bond acceptors (Lipinski definition) is 14. The minimum Gasteiger partial charge on any atom is -0.444 e. The fourth-order valence-corrected chi connectivity index (χ4v) is 5.35. The molecule has 0 aliphatic carbocycles. The predicted octanol–water partition coefficient (Wildman–Crippen LogP) is 2.99. The highest BCUT2D eigenvalue weighted by molar-refractivity contribution is 6.05. The monoisotopic (exact) mass is 914 g/mol. The molecule has 3 fully saturated rings. The zero-order chi connectivity index (χ0) is 48.6. The number of nitrogens with one attached hydrogen (secondary N) is 1. The van der Waals surface area contributed by atoms with Crippen LogP contribution in [0.3, 0.4) is 0 Å². The van der Waals surface area contributed by atoms with E-state index in [0.29, 0.717) is 45.6 Å². The van der Waals surface area contributed by atoms with Crippen molar-refractivity contribution in [1.82, 2.24) is 29.8 Å². The second-order valence-electron chi connectivity index (χ2n) is 17.9. The Balaban J connectivity index is 0. The number of likely N-dealkylation sites (N-methyl/N-ethyl adjacent to an activating group) is 3. The van der Waals surface area contributed by atoms with Crippen LogP contribution >= 0.6 is 0 Å². The quantitative estimate of drug-likeness (QED) is 0.126. The van der Waals surface area contributed by atoms with Gasteiger partial charge in [-0.2, -0.15) is 0 Å². The molecule has 3 rings (SSSR count). The smallest absolute Gasteiger partial charge is 0.410 e. The van der Waals surface area contributed by atoms with Gasteiger partial charge in [-0.3, -0.25) is 9.80 Å². The number of ether oxygens (including phenoxy) is 6. The Morgan fingerprint density at radius 1 is 0.714 bits per heavy atom. The Morgan fingerprint density at radius 2 is 1.11 bits per heavy atom. The van der Waals surface area contributed by atoms with Crippen LogP contribution < -0.4 is 11.1 Å². The van der Waals surface area contributed by atoms with E-state index in [4.69, 9.17) is 47.3 Å². The first-order valence-electron chi connectivity index (χ1n) is 22.1. The SMILES string of the molecule is CN(CC=O)C(=O)OC(C)(C)C.CN(CCN1CCO[C@H](CCN)C1)C(=O)OC(C)(C)C.[C-]#[N+]C[C@@H]1CN(CCN(C)C(=O)OC(C)(C)C)CCO1.[C-]#[N+]C[C@@H]1CNCCO1.[CH3][AlH2]. The maximum absolute atomic E-state index is 11.8. The third kappa shape index (κ3) is 34.8. The second-order valence-corrected chi connectivity index (χ2v) is 17.9. The molecule has 0 saturated carbocycles. The number of nitrogens with two attached hydrogens (primary N) is 1. The Hall–Kier alpha value is -3.29. The van der Waals surface area contributed by atoms with Gasteiger partial charge in [0.2, 0.25) is 29.4 Å². The highest BCUT2D eigenvalue weighted by atomic mass is 27.0. The van der Waals surface area contributed by atoms with Crippen LogP contribution in [0.5, 0.6) is 0 Å². The van der Waals surface area contributed by atoms with Crippen molar-refractivity contribution < 1.29 is 47.6 Å². The molecule has 19 nitrogen and oxygen atoms in total. The fourth-order valence-electron chi connectivity index (χ4n) is 5.35. The number of amides is 3. The number of hydrogen-bond donors (Lipinski definition) is 2. The van der Waals surface area contributed by atoms with Crippen molar-refractivity contribution in [1.29, 1.82) is 0 Å². The molecule has 0 bridgehead atoms. The van der Waals surface area contributed by atoms with Gasteiger partial charge in [-0.25, -0.2) is 27.5 Å². The van der Waals surface area contributed by atoms with E-state index in [1.807, 2.05) is 41.5 Å². The number of morpholine rings is 3. The Morgan fingerprint density at radius 3 is 1.49 bits per heavy atom. The minimum absolute atomic E-state index is 0.00640. The van der Waals surface area contributed by atoms with E-state index in [1.165, 1.54) is 28.2 Å². The zero-order valence-corrected chi connectivity index (χ0v) is 43.3. The summed E-state index contributed by atoms with van der Waals surface area (Å²) in [5.74, 6) is 2.14. The van der Waals surface area contributed by atoms with Crippen molar-refractivity contribution in [3.63, 3.8) is 0 Å². The summed E-state index contributed by atoms with van der Waals surface area (Å²) >= 11 is 1.31. The molecule has 0 aromatic rings. The van der Waals surface area contributed by atoms with Gasteiger partial charge in [0.15, 0.2) is 0 Å². The van der Waals surface area contributed by atoms with Gasteiger partial charge in [0.05, 0.1) is 32.5 Å². The number of rotatable bonds is 12. The van der Waals surface area contributed by atoms with Crippen LogP contribution in [0.25, 0.3) is 9.69 Å². The Bertz CT molecular complexity index is 1340. The Labute approximate surface area is 387 Å². The molecule has 3 aliphatic heterocycles. The lowest BCUT2D eigenvalue weighted by atomic mass is 10.2. The molecule has 3 N–H and O–H groups in total. The first-order chi connectivity index (χ1) is 29.4. The van der Waals surface area contributed by atoms with Crippen LogP contribution in [-0.4, -0.2) is 233 Å². The van der Waals surface area contributed by atoms with Crippen LogP contribution in [0.1, 0.15) is 68.7 Å². The molecule has 364 valence electrons. The lowest BCUT2D eigenvalue weighted by molar-refractivity contribution is -0.108. The zero-order valence-electron chi connectivity index (χ0n) is 41.3. The number of nitrogens with zero attached hydrogens (tertiary/aromatic N) is 7. The van der Waals surface area contributed by atoms with E-state index < -0.39 is 22.9 Å². The van der Waals surface area contributed by atoms with Crippen LogP contribution in [0, 0.1) is 13.1 Å². The number of carbonyl (C=O) groups excluding carboxylic acids is 4. The van der Waals surface area contributed by atoms with Gasteiger partial charge in [0.1, 0.15) is 35.3 Å². The summed E-state index contributed by atoms with van der Waals surface area (Å²) in [4.78, 5) is 60.4. The summed E-state index contributed by atoms with van der Waals surface area (Å²) in [5.41, 5.74) is 4.14. The first-order valence-corrected chi connectivity index (χ1v) is 24.1. The van der Waals surface area contributed by atoms with Crippen molar-refractivity contribution in [2.45, 2.75) is 110 Å². The highest BCUT2D eigenvalue weighted by Crippen LogP contribution is 2.12. The van der Waals surface area contributed by atoms with Gasteiger partial charge in [-0.15, -0.1) is 5.79 Å². The van der Waals surface area contributed by atoms with Crippen molar-refractivity contribution in [2.24, 2.45) is 5.73 Å². The van der Waals surface area contributed by atoms with Gasteiger partial charge in [0.25, 0.3) is 0 Å². The van der Waals surface area contributed by atoms with Gasteiger partial charge >= 0.3 is 18.3 Å².